The first kappa shape index (κ1) is 20.0. The second kappa shape index (κ2) is 8.07. The lowest BCUT2D eigenvalue weighted by atomic mass is 10.2. The average molecular weight is 406 g/mol. The highest BCUT2D eigenvalue weighted by Gasteiger charge is 2.39. The molecule has 1 heterocycles. The Hall–Kier alpha value is -2.78. The molecule has 2 aromatic carbocycles. The zero-order valence-corrected chi connectivity index (χ0v) is 15.9. The van der Waals surface area contributed by atoms with Gasteiger partial charge in [-0.2, -0.15) is 4.31 Å². The Morgan fingerprint density at radius 1 is 1.11 bits per heavy atom. The molecule has 0 bridgehead atoms. The van der Waals surface area contributed by atoms with Crippen LogP contribution in [-0.2, 0) is 19.6 Å². The van der Waals surface area contributed by atoms with Gasteiger partial charge < -0.3 is 10.1 Å². The minimum absolute atomic E-state index is 0.0592. The van der Waals surface area contributed by atoms with Crippen LogP contribution >= 0.6 is 0 Å². The molecule has 1 saturated heterocycles. The van der Waals surface area contributed by atoms with E-state index in [-0.39, 0.29) is 11.4 Å². The second-order valence-electron chi connectivity index (χ2n) is 6.29. The number of benzene rings is 2. The lowest BCUT2D eigenvalue weighted by Crippen LogP contribution is -2.43. The second-order valence-corrected chi connectivity index (χ2v) is 8.18. The molecule has 1 aliphatic rings. The number of ether oxygens (including phenoxy) is 1. The Morgan fingerprint density at radius 2 is 1.75 bits per heavy atom. The van der Waals surface area contributed by atoms with Crippen LogP contribution in [0, 0.1) is 5.82 Å². The summed E-state index contributed by atoms with van der Waals surface area (Å²) in [6, 6.07) is 9.73. The Kier molecular flexibility index (Phi) is 5.76. The largest absolute Gasteiger partial charge is 0.465 e. The summed E-state index contributed by atoms with van der Waals surface area (Å²) >= 11 is 0. The number of carbonyl (C=O) groups is 2. The molecular weight excluding hydrogens is 387 g/mol. The van der Waals surface area contributed by atoms with E-state index in [1.165, 1.54) is 43.5 Å². The molecule has 3 rings (SSSR count). The zero-order valence-electron chi connectivity index (χ0n) is 15.1. The number of nitrogens with one attached hydrogen (secondary N) is 1. The maximum absolute atomic E-state index is 13.1. The number of methoxy groups -OCH3 is 1. The Bertz CT molecular complexity index is 974. The highest BCUT2D eigenvalue weighted by molar-refractivity contribution is 7.89. The van der Waals surface area contributed by atoms with Crippen molar-refractivity contribution >= 4 is 27.6 Å². The molecule has 7 nitrogen and oxygen atoms in total. The molecule has 1 aliphatic heterocycles. The quantitative estimate of drug-likeness (QED) is 0.770. The van der Waals surface area contributed by atoms with Crippen molar-refractivity contribution in [2.75, 3.05) is 19.0 Å². The van der Waals surface area contributed by atoms with Crippen molar-refractivity contribution in [1.29, 1.82) is 0 Å². The van der Waals surface area contributed by atoms with E-state index in [9.17, 15) is 22.4 Å². The normalized spacial score (nSPS) is 17.3. The van der Waals surface area contributed by atoms with Gasteiger partial charge >= 0.3 is 5.97 Å². The van der Waals surface area contributed by atoms with E-state index in [4.69, 9.17) is 0 Å². The van der Waals surface area contributed by atoms with Gasteiger partial charge in [0.2, 0.25) is 15.9 Å². The van der Waals surface area contributed by atoms with Gasteiger partial charge in [0, 0.05) is 12.2 Å². The topological polar surface area (TPSA) is 92.8 Å². The van der Waals surface area contributed by atoms with E-state index >= 15 is 0 Å². The smallest absolute Gasteiger partial charge is 0.337 e. The van der Waals surface area contributed by atoms with E-state index in [2.05, 4.69) is 10.1 Å². The number of nitrogens with zero attached hydrogens (tertiary/aromatic N) is 1. The van der Waals surface area contributed by atoms with Gasteiger partial charge in [-0.25, -0.2) is 17.6 Å². The van der Waals surface area contributed by atoms with E-state index in [0.717, 1.165) is 16.4 Å². The fourth-order valence-electron chi connectivity index (χ4n) is 3.06. The predicted octanol–water partition coefficient (Wildman–Crippen LogP) is 2.40. The van der Waals surface area contributed by atoms with Crippen molar-refractivity contribution in [3.63, 3.8) is 0 Å². The van der Waals surface area contributed by atoms with Gasteiger partial charge in [0.05, 0.1) is 17.6 Å². The minimum Gasteiger partial charge on any atom is -0.465 e. The van der Waals surface area contributed by atoms with E-state index in [1.54, 1.807) is 0 Å². The fraction of sp³-hybridized carbons (Fsp3) is 0.263. The summed E-state index contributed by atoms with van der Waals surface area (Å²) in [4.78, 5) is 24.1. The standard InChI is InChI=1S/C19H19FN2O5S/c1-27-19(24)13-4-8-15(9-5-13)21-18(23)17-3-2-12-22(17)28(25,26)16-10-6-14(20)7-11-16/h4-11,17H,2-3,12H2,1H3,(H,21,23)/t17-/m1/s1. The summed E-state index contributed by atoms with van der Waals surface area (Å²) in [5, 5.41) is 2.67. The first-order valence-electron chi connectivity index (χ1n) is 8.59. The Balaban J connectivity index is 1.76. The first-order valence-corrected chi connectivity index (χ1v) is 10.0. The maximum atomic E-state index is 13.1. The molecule has 0 spiro atoms. The number of anilines is 1. The van der Waals surface area contributed by atoms with Crippen LogP contribution in [0.15, 0.2) is 53.4 Å². The van der Waals surface area contributed by atoms with Crippen LogP contribution in [0.25, 0.3) is 0 Å². The zero-order chi connectivity index (χ0) is 20.3. The van der Waals surface area contributed by atoms with Crippen LogP contribution in [0.1, 0.15) is 23.2 Å². The number of hydrogen-bond donors (Lipinski definition) is 1. The summed E-state index contributed by atoms with van der Waals surface area (Å²) in [6.45, 7) is 0.207. The summed E-state index contributed by atoms with van der Waals surface area (Å²) in [6.07, 6.45) is 0.923. The lowest BCUT2D eigenvalue weighted by molar-refractivity contribution is -0.119. The number of hydrogen-bond acceptors (Lipinski definition) is 5. The molecule has 0 saturated carbocycles. The summed E-state index contributed by atoms with van der Waals surface area (Å²) in [7, 11) is -2.65. The van der Waals surface area contributed by atoms with Crippen LogP contribution < -0.4 is 5.32 Å². The van der Waals surface area contributed by atoms with Gasteiger partial charge in [0.1, 0.15) is 11.9 Å². The molecule has 28 heavy (non-hydrogen) atoms. The molecule has 148 valence electrons. The fourth-order valence-corrected chi connectivity index (χ4v) is 4.72. The molecule has 1 fully saturated rings. The van der Waals surface area contributed by atoms with Gasteiger partial charge in [-0.15, -0.1) is 0 Å². The Morgan fingerprint density at radius 3 is 2.36 bits per heavy atom. The van der Waals surface area contributed by atoms with Crippen LogP contribution in [-0.4, -0.2) is 44.3 Å². The molecule has 0 aromatic heterocycles. The average Bonchev–Trinajstić information content (AvgIpc) is 3.19. The number of rotatable bonds is 5. The van der Waals surface area contributed by atoms with Gasteiger partial charge in [-0.05, 0) is 61.4 Å². The monoisotopic (exact) mass is 406 g/mol. The number of esters is 1. The number of sulfonamides is 1. The highest BCUT2D eigenvalue weighted by atomic mass is 32.2. The van der Waals surface area contributed by atoms with Crippen LogP contribution in [0.2, 0.25) is 0 Å². The third-order valence-corrected chi connectivity index (χ3v) is 6.42. The predicted molar refractivity (Wildman–Crippen MR) is 99.7 cm³/mol. The van der Waals surface area contributed by atoms with Crippen molar-refractivity contribution in [2.45, 2.75) is 23.8 Å². The molecule has 1 amide bonds. The molecule has 0 radical (unpaired) electrons. The Labute approximate surface area is 162 Å². The lowest BCUT2D eigenvalue weighted by Gasteiger charge is -2.23. The molecule has 0 unspecified atom stereocenters. The van der Waals surface area contributed by atoms with Gasteiger partial charge in [-0.1, -0.05) is 0 Å². The van der Waals surface area contributed by atoms with Gasteiger partial charge in [0.15, 0.2) is 0 Å². The van der Waals surface area contributed by atoms with Gasteiger partial charge in [0.25, 0.3) is 0 Å². The van der Waals surface area contributed by atoms with Gasteiger partial charge in [-0.3, -0.25) is 4.79 Å². The number of halogens is 1. The van der Waals surface area contributed by atoms with Crippen LogP contribution in [0.3, 0.4) is 0 Å². The number of carbonyl (C=O) groups excluding carboxylic acids is 2. The molecule has 1 N–H and O–H groups in total. The maximum Gasteiger partial charge on any atom is 0.337 e. The number of amides is 1. The summed E-state index contributed by atoms with van der Waals surface area (Å²) < 4.78 is 44.5. The summed E-state index contributed by atoms with van der Waals surface area (Å²) in [5.41, 5.74) is 0.769. The molecule has 9 heteroatoms. The first-order chi connectivity index (χ1) is 13.3. The van der Waals surface area contributed by atoms with Crippen molar-refractivity contribution in [1.82, 2.24) is 4.31 Å². The van der Waals surface area contributed by atoms with Crippen molar-refractivity contribution < 1.29 is 27.1 Å². The van der Waals surface area contributed by atoms with Crippen LogP contribution in [0.5, 0.6) is 0 Å². The van der Waals surface area contributed by atoms with Crippen LogP contribution in [0.4, 0.5) is 10.1 Å². The molecule has 0 aliphatic carbocycles. The van der Waals surface area contributed by atoms with Crippen molar-refractivity contribution in [2.24, 2.45) is 0 Å². The van der Waals surface area contributed by atoms with E-state index < -0.39 is 33.8 Å². The van der Waals surface area contributed by atoms with Crippen molar-refractivity contribution in [3.05, 3.63) is 59.9 Å². The summed E-state index contributed by atoms with van der Waals surface area (Å²) in [5.74, 6) is -1.50. The van der Waals surface area contributed by atoms with E-state index in [0.29, 0.717) is 24.1 Å². The molecule has 2 aromatic rings. The minimum atomic E-state index is -3.92. The molecule has 1 atom stereocenters. The highest BCUT2D eigenvalue weighted by Crippen LogP contribution is 2.27. The third-order valence-electron chi connectivity index (χ3n) is 4.50. The van der Waals surface area contributed by atoms with E-state index in [1.807, 2.05) is 0 Å². The molecular formula is C19H19FN2O5S. The third kappa shape index (κ3) is 4.05. The SMILES string of the molecule is COC(=O)c1ccc(NC(=O)[C@H]2CCCN2S(=O)(=O)c2ccc(F)cc2)cc1. The van der Waals surface area contributed by atoms with Crippen molar-refractivity contribution in [3.8, 4) is 0 Å².